The lowest BCUT2D eigenvalue weighted by atomic mass is 10.1. The van der Waals surface area contributed by atoms with E-state index in [1.807, 2.05) is 0 Å². The number of aliphatic hydroxyl groups is 2. The summed E-state index contributed by atoms with van der Waals surface area (Å²) in [6.07, 6.45) is -2.83. The molecule has 8 nitrogen and oxygen atoms in total. The number of phosphoric acid groups is 1. The summed E-state index contributed by atoms with van der Waals surface area (Å²) in [7, 11) is -4.84. The van der Waals surface area contributed by atoms with E-state index in [1.54, 1.807) is 0 Å². The van der Waals surface area contributed by atoms with E-state index in [2.05, 4.69) is 4.52 Å². The van der Waals surface area contributed by atoms with Gasteiger partial charge in [-0.1, -0.05) is 0 Å². The quantitative estimate of drug-likeness (QED) is 0.322. The van der Waals surface area contributed by atoms with Crippen LogP contribution in [-0.2, 0) is 18.6 Å². The molecular formula is C6H11O8P. The fourth-order valence-electron chi connectivity index (χ4n) is 1.76. The Morgan fingerprint density at radius 3 is 2.67 bits per heavy atom. The number of aliphatic hydroxyl groups excluding tert-OH is 1. The van der Waals surface area contributed by atoms with E-state index in [0.29, 0.717) is 0 Å². The summed E-state index contributed by atoms with van der Waals surface area (Å²) in [4.78, 5) is 17.2. The molecule has 0 spiro atoms. The van der Waals surface area contributed by atoms with Crippen LogP contribution >= 0.6 is 7.82 Å². The topological polar surface area (TPSA) is 126 Å². The molecule has 0 aromatic heterocycles. The normalized spacial score (nSPS) is 45.7. The number of fused-ring (bicyclic) bond motifs is 1. The summed E-state index contributed by atoms with van der Waals surface area (Å²) in [5, 5.41) is 19.1. The summed E-state index contributed by atoms with van der Waals surface area (Å²) in [5.41, 5.74) is 0. The van der Waals surface area contributed by atoms with Crippen molar-refractivity contribution in [1.29, 1.82) is 0 Å². The second-order valence-corrected chi connectivity index (χ2v) is 4.69. The van der Waals surface area contributed by atoms with Crippen molar-refractivity contribution < 1.29 is 38.6 Å². The van der Waals surface area contributed by atoms with Crippen molar-refractivity contribution in [3.05, 3.63) is 0 Å². The van der Waals surface area contributed by atoms with Crippen LogP contribution in [0.5, 0.6) is 0 Å². The second kappa shape index (κ2) is 3.47. The lowest BCUT2D eigenvalue weighted by Crippen LogP contribution is -2.45. The van der Waals surface area contributed by atoms with Crippen LogP contribution < -0.4 is 0 Å². The Bertz CT molecular complexity index is 302. The molecule has 0 amide bonds. The molecule has 15 heavy (non-hydrogen) atoms. The van der Waals surface area contributed by atoms with Crippen LogP contribution in [-0.4, -0.2) is 57.3 Å². The zero-order valence-corrected chi connectivity index (χ0v) is 8.41. The van der Waals surface area contributed by atoms with Crippen LogP contribution in [0.25, 0.3) is 0 Å². The molecule has 4 N–H and O–H groups in total. The fraction of sp³-hybridized carbons (Fsp3) is 1.00. The monoisotopic (exact) mass is 242 g/mol. The van der Waals surface area contributed by atoms with Crippen LogP contribution in [0.2, 0.25) is 0 Å². The molecule has 0 bridgehead atoms. The van der Waals surface area contributed by atoms with Gasteiger partial charge < -0.3 is 29.5 Å². The third-order valence-electron chi connectivity index (χ3n) is 2.33. The van der Waals surface area contributed by atoms with Gasteiger partial charge >= 0.3 is 7.82 Å². The molecule has 0 radical (unpaired) electrons. The van der Waals surface area contributed by atoms with Gasteiger partial charge in [0.25, 0.3) is 0 Å². The van der Waals surface area contributed by atoms with E-state index in [9.17, 15) is 14.8 Å². The number of rotatable bonds is 2. The maximum atomic E-state index is 10.6. The van der Waals surface area contributed by atoms with Gasteiger partial charge in [-0.25, -0.2) is 9.09 Å². The van der Waals surface area contributed by atoms with E-state index in [4.69, 9.17) is 19.3 Å². The summed E-state index contributed by atoms with van der Waals surface area (Å²) < 4.78 is 24.7. The average molecular weight is 242 g/mol. The zero-order chi connectivity index (χ0) is 11.3. The summed E-state index contributed by atoms with van der Waals surface area (Å²) in [6.45, 7) is -0.521. The van der Waals surface area contributed by atoms with Crippen LogP contribution in [0.15, 0.2) is 0 Å². The first-order valence-electron chi connectivity index (χ1n) is 4.22. The van der Waals surface area contributed by atoms with Gasteiger partial charge in [-0.05, 0) is 0 Å². The maximum absolute atomic E-state index is 10.6. The van der Waals surface area contributed by atoms with Crippen molar-refractivity contribution in [2.45, 2.75) is 24.1 Å². The summed E-state index contributed by atoms with van der Waals surface area (Å²) >= 11 is 0. The third-order valence-corrected chi connectivity index (χ3v) is 2.88. The molecule has 2 rings (SSSR count). The van der Waals surface area contributed by atoms with Crippen molar-refractivity contribution in [2.24, 2.45) is 0 Å². The Hall–Kier alpha value is -0.0500. The lowest BCUT2D eigenvalue weighted by Gasteiger charge is -2.26. The lowest BCUT2D eigenvalue weighted by molar-refractivity contribution is -0.200. The molecule has 0 unspecified atom stereocenters. The van der Waals surface area contributed by atoms with Crippen molar-refractivity contribution in [3.63, 3.8) is 0 Å². The van der Waals surface area contributed by atoms with Gasteiger partial charge in [0.05, 0.1) is 6.61 Å². The molecule has 2 aliphatic rings. The minimum absolute atomic E-state index is 0.0673. The van der Waals surface area contributed by atoms with Crippen LogP contribution in [0, 0.1) is 0 Å². The molecular weight excluding hydrogens is 231 g/mol. The minimum Gasteiger partial charge on any atom is -0.388 e. The molecule has 2 fully saturated rings. The van der Waals surface area contributed by atoms with Gasteiger partial charge in [-0.2, -0.15) is 0 Å². The Morgan fingerprint density at radius 1 is 1.40 bits per heavy atom. The summed E-state index contributed by atoms with van der Waals surface area (Å²) in [6, 6.07) is 0. The van der Waals surface area contributed by atoms with Crippen molar-refractivity contribution in [3.8, 4) is 0 Å². The van der Waals surface area contributed by atoms with Gasteiger partial charge in [0.15, 0.2) is 0 Å². The van der Waals surface area contributed by atoms with Crippen molar-refractivity contribution in [2.75, 3.05) is 13.2 Å². The van der Waals surface area contributed by atoms with E-state index >= 15 is 0 Å². The molecule has 2 heterocycles. The predicted octanol–water partition coefficient (Wildman–Crippen LogP) is -2.06. The SMILES string of the molecule is O=P(O)(O)O[C@@]1(O)CO[C@@H]2[C@H](O)CO[C@@H]21. The molecule has 9 heteroatoms. The molecule has 2 aliphatic heterocycles. The Balaban J connectivity index is 2.14. The molecule has 4 atom stereocenters. The van der Waals surface area contributed by atoms with Crippen LogP contribution in [0.1, 0.15) is 0 Å². The minimum atomic E-state index is -4.84. The Kier molecular flexibility index (Phi) is 2.65. The number of hydrogen-bond acceptors (Lipinski definition) is 6. The Labute approximate surface area is 84.6 Å². The van der Waals surface area contributed by atoms with Crippen LogP contribution in [0.3, 0.4) is 0 Å². The van der Waals surface area contributed by atoms with Gasteiger partial charge in [0.2, 0.25) is 5.79 Å². The highest BCUT2D eigenvalue weighted by molar-refractivity contribution is 7.46. The first kappa shape index (κ1) is 11.4. The van der Waals surface area contributed by atoms with E-state index in [-0.39, 0.29) is 6.61 Å². The number of phosphoric ester groups is 1. The fourth-order valence-corrected chi connectivity index (χ4v) is 2.33. The molecule has 2 saturated heterocycles. The van der Waals surface area contributed by atoms with Gasteiger partial charge in [-0.15, -0.1) is 0 Å². The maximum Gasteiger partial charge on any atom is 0.472 e. The molecule has 0 aromatic rings. The van der Waals surface area contributed by atoms with Gasteiger partial charge in [0, 0.05) is 0 Å². The van der Waals surface area contributed by atoms with Gasteiger partial charge in [0.1, 0.15) is 24.9 Å². The highest BCUT2D eigenvalue weighted by atomic mass is 31.2. The highest BCUT2D eigenvalue weighted by Gasteiger charge is 2.59. The van der Waals surface area contributed by atoms with Gasteiger partial charge in [-0.3, -0.25) is 0 Å². The van der Waals surface area contributed by atoms with E-state index < -0.39 is 38.5 Å². The molecule has 0 aliphatic carbocycles. The highest BCUT2D eigenvalue weighted by Crippen LogP contribution is 2.46. The van der Waals surface area contributed by atoms with Crippen LogP contribution in [0.4, 0.5) is 0 Å². The first-order valence-corrected chi connectivity index (χ1v) is 5.75. The largest absolute Gasteiger partial charge is 0.472 e. The van der Waals surface area contributed by atoms with Crippen molar-refractivity contribution in [1.82, 2.24) is 0 Å². The summed E-state index contributed by atoms with van der Waals surface area (Å²) in [5.74, 6) is -2.21. The predicted molar refractivity (Wildman–Crippen MR) is 43.6 cm³/mol. The van der Waals surface area contributed by atoms with E-state index in [1.165, 1.54) is 0 Å². The van der Waals surface area contributed by atoms with Crippen molar-refractivity contribution >= 4 is 7.82 Å². The number of hydrogen-bond donors (Lipinski definition) is 4. The van der Waals surface area contributed by atoms with E-state index in [0.717, 1.165) is 0 Å². The molecule has 0 saturated carbocycles. The standard InChI is InChI=1S/C6H11O8P/c7-3-1-12-5-4(3)13-2-6(5,8)14-15(9,10)11/h3-5,7-8H,1-2H2,(H2,9,10,11)/t3-,4-,5+,6+/m1/s1. The first-order chi connectivity index (χ1) is 6.82. The molecule has 0 aromatic carbocycles. The zero-order valence-electron chi connectivity index (χ0n) is 7.52. The number of ether oxygens (including phenoxy) is 2. The molecule has 88 valence electrons. The smallest absolute Gasteiger partial charge is 0.388 e. The third kappa shape index (κ3) is 2.08. The Morgan fingerprint density at radius 2 is 2.07 bits per heavy atom. The average Bonchev–Trinajstić information content (AvgIpc) is 2.53. The second-order valence-electron chi connectivity index (χ2n) is 3.52.